The molecule has 2 unspecified atom stereocenters. The van der Waals surface area contributed by atoms with Gasteiger partial charge in [-0.05, 0) is 83.0 Å². The third-order valence-electron chi connectivity index (χ3n) is 8.04. The van der Waals surface area contributed by atoms with Gasteiger partial charge in [-0.1, -0.05) is 6.92 Å². The van der Waals surface area contributed by atoms with Crippen LogP contribution in [0.3, 0.4) is 0 Å². The van der Waals surface area contributed by atoms with Gasteiger partial charge in [0, 0.05) is 25.3 Å². The van der Waals surface area contributed by atoms with Crippen LogP contribution in [0.25, 0.3) is 0 Å². The lowest BCUT2D eigenvalue weighted by molar-refractivity contribution is -0.204. The Bertz CT molecular complexity index is 1320. The van der Waals surface area contributed by atoms with E-state index in [0.717, 1.165) is 29.2 Å². The van der Waals surface area contributed by atoms with E-state index in [1.54, 1.807) is 34.1 Å². The van der Waals surface area contributed by atoms with Crippen LogP contribution in [0.4, 0.5) is 24.8 Å². The topological polar surface area (TPSA) is 87.5 Å². The molecular formula is C27H36F3N7O2S. The number of carbonyl (C=O) groups is 1. The van der Waals surface area contributed by atoms with Crippen molar-refractivity contribution in [2.45, 2.75) is 76.7 Å². The molecule has 1 saturated heterocycles. The number of alkyl halides is 3. The standard InChI is InChI=1S/C27H36F3N7O2S/c1-16-13-25(4,5)36(14-16)23-19(24(38)34-40-22-17(2)32-35(6)18(22)3)7-8-20(31-23)37-12-9-21(33-37)39-15-26(10-11-26)27(28,29)30/h7-9,12,16,21,33H,10-11,13-15H2,1-6H3,(H,34,38). The SMILES string of the molecule is Cc1nn(C)c(C)c1SNC(=O)c1ccc(N2C=CC(OCC3(C(F)(F)F)CC3)N2)nc1N1CC(C)CC1(C)C. The van der Waals surface area contributed by atoms with Gasteiger partial charge in [0.2, 0.25) is 0 Å². The quantitative estimate of drug-likeness (QED) is 0.422. The number of rotatable bonds is 8. The minimum Gasteiger partial charge on any atom is -0.357 e. The maximum atomic E-state index is 13.5. The van der Waals surface area contributed by atoms with Gasteiger partial charge in [-0.3, -0.25) is 19.2 Å². The van der Waals surface area contributed by atoms with Crippen LogP contribution in [0.1, 0.15) is 61.8 Å². The van der Waals surface area contributed by atoms with Crippen molar-refractivity contribution in [3.63, 3.8) is 0 Å². The number of nitrogens with zero attached hydrogens (tertiary/aromatic N) is 5. The third-order valence-corrected chi connectivity index (χ3v) is 9.12. The maximum Gasteiger partial charge on any atom is 0.396 e. The average Bonchev–Trinajstić information content (AvgIpc) is 3.35. The molecule has 5 rings (SSSR count). The van der Waals surface area contributed by atoms with Crippen LogP contribution >= 0.6 is 11.9 Å². The van der Waals surface area contributed by atoms with Crippen molar-refractivity contribution in [1.82, 2.24) is 24.9 Å². The molecular weight excluding hydrogens is 543 g/mol. The van der Waals surface area contributed by atoms with Crippen LogP contribution in [0, 0.1) is 25.2 Å². The highest BCUT2D eigenvalue weighted by molar-refractivity contribution is 7.98. The zero-order chi connectivity index (χ0) is 29.0. The zero-order valence-corrected chi connectivity index (χ0v) is 24.4. The van der Waals surface area contributed by atoms with E-state index in [1.165, 1.54) is 11.9 Å². The number of nitrogens with one attached hydrogen (secondary N) is 2. The van der Waals surface area contributed by atoms with E-state index in [-0.39, 0.29) is 24.3 Å². The number of hydrogen-bond donors (Lipinski definition) is 2. The Kier molecular flexibility index (Phi) is 7.37. The van der Waals surface area contributed by atoms with E-state index in [4.69, 9.17) is 9.72 Å². The molecule has 2 fully saturated rings. The summed E-state index contributed by atoms with van der Waals surface area (Å²) in [5.74, 6) is 1.20. The van der Waals surface area contributed by atoms with E-state index in [2.05, 4.69) is 40.9 Å². The molecule has 2 aliphatic heterocycles. The number of carbonyl (C=O) groups excluding carboxylic acids is 1. The first kappa shape index (κ1) is 28.7. The first-order valence-electron chi connectivity index (χ1n) is 13.4. The monoisotopic (exact) mass is 579 g/mol. The first-order chi connectivity index (χ1) is 18.7. The highest BCUT2D eigenvalue weighted by Crippen LogP contribution is 2.57. The summed E-state index contributed by atoms with van der Waals surface area (Å²) in [6.45, 7) is 10.6. The van der Waals surface area contributed by atoms with Gasteiger partial charge in [-0.25, -0.2) is 4.98 Å². The molecule has 2 atom stereocenters. The summed E-state index contributed by atoms with van der Waals surface area (Å²) in [5.41, 5.74) is 3.32. The Hall–Kier alpha value is -2.77. The van der Waals surface area contributed by atoms with Gasteiger partial charge in [0.15, 0.2) is 0 Å². The Labute approximate surface area is 236 Å². The molecule has 4 heterocycles. The second-order valence-electron chi connectivity index (χ2n) is 11.8. The van der Waals surface area contributed by atoms with Gasteiger partial charge in [0.25, 0.3) is 5.91 Å². The summed E-state index contributed by atoms with van der Waals surface area (Å²) in [7, 11) is 1.86. The number of halogens is 3. The van der Waals surface area contributed by atoms with Crippen LogP contribution in [0.2, 0.25) is 0 Å². The largest absolute Gasteiger partial charge is 0.396 e. The van der Waals surface area contributed by atoms with Crippen LogP contribution in [-0.4, -0.2) is 51.8 Å². The second kappa shape index (κ2) is 10.3. The lowest BCUT2D eigenvalue weighted by Gasteiger charge is -2.34. The molecule has 0 aromatic carbocycles. The number of ether oxygens (including phenoxy) is 1. The fourth-order valence-electron chi connectivity index (χ4n) is 5.50. The highest BCUT2D eigenvalue weighted by atomic mass is 32.2. The number of aromatic nitrogens is 3. The van der Waals surface area contributed by atoms with E-state index >= 15 is 0 Å². The van der Waals surface area contributed by atoms with Crippen LogP contribution in [0.5, 0.6) is 0 Å². The number of aryl methyl sites for hydroxylation is 2. The van der Waals surface area contributed by atoms with E-state index in [1.807, 2.05) is 20.9 Å². The summed E-state index contributed by atoms with van der Waals surface area (Å²) >= 11 is 1.23. The molecule has 2 aromatic heterocycles. The van der Waals surface area contributed by atoms with Crippen molar-refractivity contribution in [2.75, 3.05) is 23.1 Å². The predicted molar refractivity (Wildman–Crippen MR) is 148 cm³/mol. The van der Waals surface area contributed by atoms with Crippen molar-refractivity contribution >= 4 is 29.5 Å². The maximum absolute atomic E-state index is 13.5. The summed E-state index contributed by atoms with van der Waals surface area (Å²) < 4.78 is 50.2. The summed E-state index contributed by atoms with van der Waals surface area (Å²) in [4.78, 5) is 21.4. The molecule has 1 amide bonds. The number of pyridine rings is 1. The van der Waals surface area contributed by atoms with E-state index < -0.39 is 24.4 Å². The van der Waals surface area contributed by atoms with E-state index in [9.17, 15) is 18.0 Å². The summed E-state index contributed by atoms with van der Waals surface area (Å²) in [6, 6.07) is 3.45. The van der Waals surface area contributed by atoms with Crippen LogP contribution in [0.15, 0.2) is 29.3 Å². The second-order valence-corrected chi connectivity index (χ2v) is 12.6. The Morgan fingerprint density at radius 1 is 1.27 bits per heavy atom. The van der Waals surface area contributed by atoms with Crippen molar-refractivity contribution in [3.05, 3.63) is 41.4 Å². The summed E-state index contributed by atoms with van der Waals surface area (Å²) in [6.07, 6.45) is -0.508. The van der Waals surface area contributed by atoms with Gasteiger partial charge in [-0.15, -0.1) is 0 Å². The normalized spacial score (nSPS) is 23.2. The average molecular weight is 580 g/mol. The fourth-order valence-corrected chi connectivity index (χ4v) is 6.27. The molecule has 9 nitrogen and oxygen atoms in total. The van der Waals surface area contributed by atoms with Crippen molar-refractivity contribution in [1.29, 1.82) is 0 Å². The molecule has 40 heavy (non-hydrogen) atoms. The molecule has 0 bridgehead atoms. The fraction of sp³-hybridized carbons (Fsp3) is 0.593. The van der Waals surface area contributed by atoms with Crippen LogP contribution < -0.4 is 20.1 Å². The Morgan fingerprint density at radius 3 is 2.58 bits per heavy atom. The number of hydrogen-bond acceptors (Lipinski definition) is 8. The molecule has 218 valence electrons. The van der Waals surface area contributed by atoms with Gasteiger partial charge in [-0.2, -0.15) is 23.7 Å². The molecule has 3 aliphatic rings. The van der Waals surface area contributed by atoms with Crippen LogP contribution in [-0.2, 0) is 11.8 Å². The van der Waals surface area contributed by atoms with Crippen molar-refractivity contribution < 1.29 is 22.7 Å². The molecule has 1 saturated carbocycles. The third kappa shape index (κ3) is 5.42. The van der Waals surface area contributed by atoms with Gasteiger partial charge in [0.05, 0.1) is 33.9 Å². The minimum absolute atomic E-state index is 0.0906. The number of anilines is 2. The lowest BCUT2D eigenvalue weighted by atomic mass is 9.97. The van der Waals surface area contributed by atoms with Gasteiger partial charge in [0.1, 0.15) is 17.9 Å². The molecule has 0 radical (unpaired) electrons. The van der Waals surface area contributed by atoms with Crippen molar-refractivity contribution in [2.24, 2.45) is 18.4 Å². The number of hydrazine groups is 1. The molecule has 2 aromatic rings. The zero-order valence-electron chi connectivity index (χ0n) is 23.6. The number of amides is 1. The predicted octanol–water partition coefficient (Wildman–Crippen LogP) is 5.02. The van der Waals surface area contributed by atoms with Crippen molar-refractivity contribution in [3.8, 4) is 0 Å². The highest BCUT2D eigenvalue weighted by Gasteiger charge is 2.63. The lowest BCUT2D eigenvalue weighted by Crippen LogP contribution is -2.42. The molecule has 13 heteroatoms. The van der Waals surface area contributed by atoms with Gasteiger partial charge >= 0.3 is 6.18 Å². The van der Waals surface area contributed by atoms with Gasteiger partial charge < -0.3 is 9.64 Å². The molecule has 0 spiro atoms. The minimum atomic E-state index is -4.27. The molecule has 2 N–H and O–H groups in total. The Morgan fingerprint density at radius 2 is 2.00 bits per heavy atom. The van der Waals surface area contributed by atoms with E-state index in [0.29, 0.717) is 23.1 Å². The molecule has 1 aliphatic carbocycles. The summed E-state index contributed by atoms with van der Waals surface area (Å²) in [5, 5.41) is 6.03. The Balaban J connectivity index is 1.35. The smallest absolute Gasteiger partial charge is 0.357 e. The first-order valence-corrected chi connectivity index (χ1v) is 14.2.